The van der Waals surface area contributed by atoms with E-state index in [0.29, 0.717) is 16.1 Å². The van der Waals surface area contributed by atoms with Crippen LogP contribution in [0, 0.1) is 12.8 Å². The topological polar surface area (TPSA) is 66.5 Å². The van der Waals surface area contributed by atoms with Gasteiger partial charge in [0, 0.05) is 22.5 Å². The van der Waals surface area contributed by atoms with Crippen LogP contribution in [0.4, 0.5) is 11.4 Å². The Bertz CT molecular complexity index is 1690. The Kier molecular flexibility index (Phi) is 5.26. The molecule has 0 bridgehead atoms. The molecule has 1 aromatic heterocycles. The summed E-state index contributed by atoms with van der Waals surface area (Å²) in [4.78, 5) is 46.2. The van der Waals surface area contributed by atoms with Crippen LogP contribution in [0.15, 0.2) is 96.4 Å². The third kappa shape index (κ3) is 3.21. The van der Waals surface area contributed by atoms with E-state index in [1.165, 1.54) is 11.3 Å². The van der Waals surface area contributed by atoms with Crippen LogP contribution in [0.3, 0.4) is 0 Å². The Morgan fingerprint density at radius 2 is 1.62 bits per heavy atom. The molecule has 0 unspecified atom stereocenters. The van der Waals surface area contributed by atoms with Crippen LogP contribution in [0.25, 0.3) is 5.57 Å². The number of allylic oxidation sites excluding steroid dienone is 1. The summed E-state index contributed by atoms with van der Waals surface area (Å²) in [5.74, 6) is -1.53. The van der Waals surface area contributed by atoms with Gasteiger partial charge in [0.15, 0.2) is 11.6 Å². The molecule has 1 saturated heterocycles. The summed E-state index contributed by atoms with van der Waals surface area (Å²) in [5.41, 5.74) is 4.60. The van der Waals surface area contributed by atoms with Crippen molar-refractivity contribution in [2.75, 3.05) is 10.2 Å². The summed E-state index contributed by atoms with van der Waals surface area (Å²) in [6, 6.07) is 25.2. The van der Waals surface area contributed by atoms with Gasteiger partial charge in [0.1, 0.15) is 11.5 Å². The molecule has 1 spiro atoms. The molecule has 3 aliphatic heterocycles. The number of aryl methyl sites for hydroxylation is 1. The molecule has 39 heavy (non-hydrogen) atoms. The number of hydrogen-bond donors (Lipinski definition) is 1. The number of para-hydroxylation sites is 2. The summed E-state index contributed by atoms with van der Waals surface area (Å²) in [6.45, 7) is 4.01. The van der Waals surface area contributed by atoms with E-state index in [1.807, 2.05) is 98.1 Å². The van der Waals surface area contributed by atoms with Crippen molar-refractivity contribution in [1.29, 1.82) is 0 Å². The highest BCUT2D eigenvalue weighted by atomic mass is 32.1. The first-order chi connectivity index (χ1) is 18.9. The molecule has 1 amide bonds. The van der Waals surface area contributed by atoms with Crippen LogP contribution >= 0.6 is 11.3 Å². The molecule has 7 rings (SSSR count). The molecule has 4 heterocycles. The van der Waals surface area contributed by atoms with E-state index in [-0.39, 0.29) is 17.5 Å². The Balaban J connectivity index is 1.56. The van der Waals surface area contributed by atoms with Gasteiger partial charge in [0.25, 0.3) is 0 Å². The van der Waals surface area contributed by atoms with Crippen LogP contribution in [0.2, 0.25) is 0 Å². The Morgan fingerprint density at radius 3 is 2.38 bits per heavy atom. The number of rotatable bonds is 4. The third-order valence-electron chi connectivity index (χ3n) is 8.53. The normalized spacial score (nSPS) is 24.6. The standard InChI is InChI=1S/C33H26N2O3S/c1-19-13-15-21(16-14-19)30(36)28-29(31(37)26-12-7-17-39-26)35-25-11-6-3-8-22(25)20(2)18-27(35)33(28)23-9-4-5-10-24(23)34-32(33)38/h3-18,27-29H,1-2H3,(H,34,38)/t27-,28-,29-,33+/m0/s1. The zero-order valence-electron chi connectivity index (χ0n) is 21.5. The van der Waals surface area contributed by atoms with Crippen LogP contribution in [-0.4, -0.2) is 29.6 Å². The smallest absolute Gasteiger partial charge is 0.238 e. The molecule has 6 heteroatoms. The number of fused-ring (bicyclic) bond motifs is 6. The lowest BCUT2D eigenvalue weighted by Gasteiger charge is -2.39. The van der Waals surface area contributed by atoms with E-state index >= 15 is 0 Å². The maximum Gasteiger partial charge on any atom is 0.238 e. The zero-order chi connectivity index (χ0) is 26.9. The summed E-state index contributed by atoms with van der Waals surface area (Å²) in [6.07, 6.45) is 2.08. The number of nitrogens with one attached hydrogen (secondary N) is 1. The van der Waals surface area contributed by atoms with Gasteiger partial charge in [0.05, 0.1) is 16.8 Å². The highest BCUT2D eigenvalue weighted by Gasteiger charge is 2.70. The average Bonchev–Trinajstić information content (AvgIpc) is 3.66. The molecule has 4 aromatic rings. The quantitative estimate of drug-likeness (QED) is 0.314. The molecule has 1 N–H and O–H groups in total. The number of ketones is 2. The second kappa shape index (κ2) is 8.61. The van der Waals surface area contributed by atoms with Crippen molar-refractivity contribution in [1.82, 2.24) is 0 Å². The lowest BCUT2D eigenvalue weighted by molar-refractivity contribution is -0.121. The fourth-order valence-corrected chi connectivity index (χ4v) is 7.55. The monoisotopic (exact) mass is 530 g/mol. The van der Waals surface area contributed by atoms with E-state index in [1.54, 1.807) is 6.07 Å². The Hall–Kier alpha value is -4.29. The number of benzene rings is 3. The zero-order valence-corrected chi connectivity index (χ0v) is 22.4. The Labute approximate surface area is 230 Å². The summed E-state index contributed by atoms with van der Waals surface area (Å²) < 4.78 is 0. The van der Waals surface area contributed by atoms with Gasteiger partial charge in [-0.25, -0.2) is 0 Å². The summed E-state index contributed by atoms with van der Waals surface area (Å²) in [5, 5.41) is 4.96. The van der Waals surface area contributed by atoms with Gasteiger partial charge >= 0.3 is 0 Å². The van der Waals surface area contributed by atoms with Gasteiger partial charge in [-0.3, -0.25) is 14.4 Å². The molecule has 4 atom stereocenters. The molecular weight excluding hydrogens is 504 g/mol. The Morgan fingerprint density at radius 1 is 0.872 bits per heavy atom. The molecule has 0 aliphatic carbocycles. The molecule has 0 saturated carbocycles. The van der Waals surface area contributed by atoms with E-state index in [0.717, 1.165) is 28.0 Å². The second-order valence-corrected chi connectivity index (χ2v) is 11.5. The highest BCUT2D eigenvalue weighted by molar-refractivity contribution is 7.12. The number of Topliss-reactive ketones (excluding diaryl/α,β-unsaturated/α-hetero) is 2. The van der Waals surface area contributed by atoms with Crippen LogP contribution in [-0.2, 0) is 10.2 Å². The fourth-order valence-electron chi connectivity index (χ4n) is 6.85. The van der Waals surface area contributed by atoms with Gasteiger partial charge in [0.2, 0.25) is 5.91 Å². The van der Waals surface area contributed by atoms with Gasteiger partial charge in [-0.05, 0) is 48.6 Å². The lowest BCUT2D eigenvalue weighted by Crippen LogP contribution is -2.51. The number of anilines is 2. The molecule has 5 nitrogen and oxygen atoms in total. The van der Waals surface area contributed by atoms with Gasteiger partial charge in [-0.2, -0.15) is 0 Å². The SMILES string of the molecule is CC1=C[C@@H]2N(c3ccccc31)[C@H](C(=O)c1cccs1)[C@@H](C(=O)c1ccc(C)cc1)[C@]21C(=O)Nc2ccccc21. The summed E-state index contributed by atoms with van der Waals surface area (Å²) in [7, 11) is 0. The van der Waals surface area contributed by atoms with Crippen molar-refractivity contribution in [2.45, 2.75) is 31.3 Å². The van der Waals surface area contributed by atoms with Crippen molar-refractivity contribution < 1.29 is 14.4 Å². The first-order valence-corrected chi connectivity index (χ1v) is 14.0. The van der Waals surface area contributed by atoms with Crippen molar-refractivity contribution in [3.8, 4) is 0 Å². The molecule has 1 fully saturated rings. The fraction of sp³-hybridized carbons (Fsp3) is 0.182. The van der Waals surface area contributed by atoms with Crippen molar-refractivity contribution in [3.63, 3.8) is 0 Å². The third-order valence-corrected chi connectivity index (χ3v) is 9.42. The molecule has 192 valence electrons. The number of amides is 1. The lowest BCUT2D eigenvalue weighted by atomic mass is 9.64. The molecule has 3 aliphatic rings. The van der Waals surface area contributed by atoms with E-state index in [2.05, 4.69) is 16.3 Å². The molecular formula is C33H26N2O3S. The van der Waals surface area contributed by atoms with E-state index in [9.17, 15) is 14.4 Å². The minimum absolute atomic E-state index is 0.141. The second-order valence-electron chi connectivity index (χ2n) is 10.6. The average molecular weight is 531 g/mol. The van der Waals surface area contributed by atoms with Gasteiger partial charge < -0.3 is 10.2 Å². The first-order valence-electron chi connectivity index (χ1n) is 13.1. The number of thiophene rings is 1. The maximum absolute atomic E-state index is 14.7. The van der Waals surface area contributed by atoms with Crippen LogP contribution < -0.4 is 10.2 Å². The van der Waals surface area contributed by atoms with Gasteiger partial charge in [-0.1, -0.05) is 78.4 Å². The first kappa shape index (κ1) is 23.8. The predicted octanol–water partition coefficient (Wildman–Crippen LogP) is 6.30. The maximum atomic E-state index is 14.7. The largest absolute Gasteiger partial charge is 0.352 e. The van der Waals surface area contributed by atoms with Crippen LogP contribution in [0.5, 0.6) is 0 Å². The van der Waals surface area contributed by atoms with E-state index < -0.39 is 23.4 Å². The van der Waals surface area contributed by atoms with Crippen LogP contribution in [0.1, 0.15) is 43.6 Å². The number of nitrogens with zero attached hydrogens (tertiary/aromatic N) is 1. The van der Waals surface area contributed by atoms with Crippen molar-refractivity contribution >= 4 is 45.8 Å². The minimum atomic E-state index is -1.29. The number of carbonyl (C=O) groups is 3. The number of carbonyl (C=O) groups excluding carboxylic acids is 3. The summed E-state index contributed by atoms with van der Waals surface area (Å²) >= 11 is 1.36. The van der Waals surface area contributed by atoms with Gasteiger partial charge in [-0.15, -0.1) is 11.3 Å². The minimum Gasteiger partial charge on any atom is -0.352 e. The highest BCUT2D eigenvalue weighted by Crippen LogP contribution is 2.58. The van der Waals surface area contributed by atoms with Crippen molar-refractivity contribution in [2.24, 2.45) is 5.92 Å². The van der Waals surface area contributed by atoms with E-state index in [4.69, 9.17) is 0 Å². The molecule has 0 radical (unpaired) electrons. The van der Waals surface area contributed by atoms with Crippen molar-refractivity contribution in [3.05, 3.63) is 124 Å². The number of hydrogen-bond acceptors (Lipinski definition) is 5. The predicted molar refractivity (Wildman–Crippen MR) is 155 cm³/mol. The molecule has 3 aromatic carbocycles.